The monoisotopic (exact) mass is 409 g/mol. The van der Waals surface area contributed by atoms with Gasteiger partial charge in [0.2, 0.25) is 0 Å². The Morgan fingerprint density at radius 1 is 1.24 bits per heavy atom. The molecule has 1 aliphatic heterocycles. The molecule has 0 bridgehead atoms. The van der Waals surface area contributed by atoms with Crippen molar-refractivity contribution in [3.8, 4) is 0 Å². The van der Waals surface area contributed by atoms with Gasteiger partial charge in [0.25, 0.3) is 5.91 Å². The van der Waals surface area contributed by atoms with Crippen molar-refractivity contribution < 1.29 is 4.79 Å². The van der Waals surface area contributed by atoms with Crippen LogP contribution in [0.3, 0.4) is 0 Å². The first-order valence-corrected chi connectivity index (χ1v) is 9.88. The van der Waals surface area contributed by atoms with Gasteiger partial charge < -0.3 is 9.72 Å². The third kappa shape index (κ3) is 4.03. The minimum atomic E-state index is -0.231. The Morgan fingerprint density at radius 3 is 2.97 bits per heavy atom. The Morgan fingerprint density at radius 2 is 2.14 bits per heavy atom. The highest BCUT2D eigenvalue weighted by atomic mass is 35.5. The average Bonchev–Trinajstić information content (AvgIpc) is 3.33. The second-order valence-electron chi connectivity index (χ2n) is 7.29. The van der Waals surface area contributed by atoms with Gasteiger partial charge in [-0.25, -0.2) is 4.98 Å². The topological polar surface area (TPSA) is 86.6 Å². The summed E-state index contributed by atoms with van der Waals surface area (Å²) >= 11 is 5.94. The molecule has 1 aliphatic carbocycles. The third-order valence-electron chi connectivity index (χ3n) is 4.98. The van der Waals surface area contributed by atoms with Gasteiger partial charge in [0.15, 0.2) is 0 Å². The van der Waals surface area contributed by atoms with E-state index < -0.39 is 0 Å². The lowest BCUT2D eigenvalue weighted by Gasteiger charge is -2.12. The Hall–Kier alpha value is -3.10. The Balaban J connectivity index is 1.21. The lowest BCUT2D eigenvalue weighted by molar-refractivity contribution is -0.118. The molecule has 5 rings (SSSR count). The largest absolute Gasteiger partial charge is 0.345 e. The summed E-state index contributed by atoms with van der Waals surface area (Å²) in [5.41, 5.74) is 10.2. The molecule has 3 aromatic heterocycles. The van der Waals surface area contributed by atoms with Gasteiger partial charge in [-0.3, -0.25) is 20.2 Å². The first-order chi connectivity index (χ1) is 14.1. The lowest BCUT2D eigenvalue weighted by atomic mass is 10.2. The summed E-state index contributed by atoms with van der Waals surface area (Å²) < 4.78 is 2.07. The molecule has 0 saturated heterocycles. The normalized spacial score (nSPS) is 16.0. The minimum Gasteiger partial charge on any atom is -0.345 e. The summed E-state index contributed by atoms with van der Waals surface area (Å²) in [5, 5.41) is 5.20. The predicted octanol–water partition coefficient (Wildman–Crippen LogP) is 2.24. The number of amides is 1. The zero-order valence-electron chi connectivity index (χ0n) is 15.6. The van der Waals surface area contributed by atoms with E-state index in [-0.39, 0.29) is 5.91 Å². The first kappa shape index (κ1) is 18.0. The fourth-order valence-electron chi connectivity index (χ4n) is 3.33. The van der Waals surface area contributed by atoms with Gasteiger partial charge in [0, 0.05) is 29.8 Å². The van der Waals surface area contributed by atoms with Crippen LogP contribution in [0.25, 0.3) is 5.65 Å². The fourth-order valence-corrected chi connectivity index (χ4v) is 3.52. The Kier molecular flexibility index (Phi) is 4.57. The molecule has 0 atom stereocenters. The minimum absolute atomic E-state index is 0.231. The van der Waals surface area contributed by atoms with E-state index >= 15 is 0 Å². The zero-order valence-corrected chi connectivity index (χ0v) is 16.4. The molecule has 3 aromatic rings. The van der Waals surface area contributed by atoms with E-state index in [4.69, 9.17) is 11.6 Å². The van der Waals surface area contributed by atoms with E-state index in [1.165, 1.54) is 18.4 Å². The van der Waals surface area contributed by atoms with Gasteiger partial charge in [-0.2, -0.15) is 0 Å². The molecule has 9 heteroatoms. The van der Waals surface area contributed by atoms with E-state index in [0.717, 1.165) is 11.3 Å². The van der Waals surface area contributed by atoms with Crippen molar-refractivity contribution in [2.24, 2.45) is 0 Å². The molecule has 2 aliphatic rings. The maximum absolute atomic E-state index is 12.4. The average molecular weight is 410 g/mol. The second kappa shape index (κ2) is 7.38. The van der Waals surface area contributed by atoms with Crippen molar-refractivity contribution >= 4 is 23.2 Å². The summed E-state index contributed by atoms with van der Waals surface area (Å²) in [6, 6.07) is 7.64. The van der Waals surface area contributed by atoms with Crippen LogP contribution >= 0.6 is 11.6 Å². The zero-order chi connectivity index (χ0) is 19.8. The van der Waals surface area contributed by atoms with Crippen molar-refractivity contribution in [3.63, 3.8) is 0 Å². The highest BCUT2D eigenvalue weighted by Gasteiger charge is 2.24. The van der Waals surface area contributed by atoms with E-state index in [0.29, 0.717) is 35.4 Å². The summed E-state index contributed by atoms with van der Waals surface area (Å²) in [6.45, 7) is 0.828. The van der Waals surface area contributed by atoms with Gasteiger partial charge >= 0.3 is 0 Å². The smallest absolute Gasteiger partial charge is 0.270 e. The van der Waals surface area contributed by atoms with Crippen LogP contribution in [0, 0.1) is 0 Å². The summed E-state index contributed by atoms with van der Waals surface area (Å²) in [6.07, 6.45) is 10.1. The molecule has 0 aromatic carbocycles. The van der Waals surface area contributed by atoms with Gasteiger partial charge in [0.1, 0.15) is 11.3 Å². The SMILES string of the molecule is O=C(NCc1cc(Cl)ccn1)C1=CN(Cc2cn3cc(C4CC4)ccc3n2)NN1. The van der Waals surface area contributed by atoms with Crippen LogP contribution in [0.1, 0.15) is 35.7 Å². The molecule has 0 unspecified atom stereocenters. The molecular formula is C20H20ClN7O. The summed E-state index contributed by atoms with van der Waals surface area (Å²) in [4.78, 5) is 21.2. The molecular weight excluding hydrogens is 390 g/mol. The summed E-state index contributed by atoms with van der Waals surface area (Å²) in [5.74, 6) is 0.478. The van der Waals surface area contributed by atoms with E-state index in [2.05, 4.69) is 49.0 Å². The van der Waals surface area contributed by atoms with Crippen LogP contribution in [0.4, 0.5) is 0 Å². The number of carbonyl (C=O) groups excluding carboxylic acids is 1. The second-order valence-corrected chi connectivity index (χ2v) is 7.73. The highest BCUT2D eigenvalue weighted by Crippen LogP contribution is 2.39. The molecule has 4 heterocycles. The van der Waals surface area contributed by atoms with Crippen LogP contribution in [-0.2, 0) is 17.9 Å². The van der Waals surface area contributed by atoms with Crippen molar-refractivity contribution in [2.75, 3.05) is 0 Å². The molecule has 8 nitrogen and oxygen atoms in total. The molecule has 0 radical (unpaired) electrons. The molecule has 1 saturated carbocycles. The maximum atomic E-state index is 12.4. The lowest BCUT2D eigenvalue weighted by Crippen LogP contribution is -2.38. The van der Waals surface area contributed by atoms with E-state index in [1.807, 2.05) is 6.20 Å². The highest BCUT2D eigenvalue weighted by molar-refractivity contribution is 6.30. The van der Waals surface area contributed by atoms with Gasteiger partial charge in [-0.15, -0.1) is 5.53 Å². The number of nitrogens with zero attached hydrogens (tertiary/aromatic N) is 4. The molecule has 3 N–H and O–H groups in total. The van der Waals surface area contributed by atoms with Crippen LogP contribution in [-0.4, -0.2) is 25.3 Å². The molecule has 1 amide bonds. The number of aromatic nitrogens is 3. The molecule has 0 spiro atoms. The number of halogens is 1. The van der Waals surface area contributed by atoms with Crippen molar-refractivity contribution in [2.45, 2.75) is 31.8 Å². The number of fused-ring (bicyclic) bond motifs is 1. The van der Waals surface area contributed by atoms with Crippen molar-refractivity contribution in [1.82, 2.24) is 35.7 Å². The van der Waals surface area contributed by atoms with E-state index in [1.54, 1.807) is 29.5 Å². The Bertz CT molecular complexity index is 1110. The van der Waals surface area contributed by atoms with Crippen molar-refractivity contribution in [3.05, 3.63) is 76.7 Å². The predicted molar refractivity (Wildman–Crippen MR) is 108 cm³/mol. The third-order valence-corrected chi connectivity index (χ3v) is 5.21. The van der Waals surface area contributed by atoms with Crippen LogP contribution < -0.4 is 16.3 Å². The number of rotatable bonds is 6. The van der Waals surface area contributed by atoms with Crippen LogP contribution in [0.5, 0.6) is 0 Å². The number of hydrogen-bond acceptors (Lipinski definition) is 6. The number of nitrogens with one attached hydrogen (secondary N) is 3. The maximum Gasteiger partial charge on any atom is 0.270 e. The number of carbonyl (C=O) groups is 1. The van der Waals surface area contributed by atoms with Gasteiger partial charge in [0.05, 0.1) is 24.5 Å². The van der Waals surface area contributed by atoms with Crippen molar-refractivity contribution in [1.29, 1.82) is 0 Å². The fraction of sp³-hybridized carbons (Fsp3) is 0.250. The van der Waals surface area contributed by atoms with Gasteiger partial charge in [-0.05, 0) is 42.5 Å². The number of imidazole rings is 1. The number of pyridine rings is 2. The molecule has 1 fully saturated rings. The standard InChI is InChI=1S/C20H20ClN7O/c21-15-5-6-22-16(7-15)8-23-20(29)18-12-28(26-25-18)11-17-10-27-9-14(13-1-2-13)3-4-19(27)24-17/h3-7,9-10,12-13,25-26H,1-2,8,11H2,(H,23,29). The van der Waals surface area contributed by atoms with E-state index in [9.17, 15) is 4.79 Å². The first-order valence-electron chi connectivity index (χ1n) is 9.50. The number of hydrogen-bond donors (Lipinski definition) is 3. The molecule has 29 heavy (non-hydrogen) atoms. The number of hydrazine groups is 2. The molecule has 148 valence electrons. The van der Waals surface area contributed by atoms with Gasteiger partial charge in [-0.1, -0.05) is 17.7 Å². The summed E-state index contributed by atoms with van der Waals surface area (Å²) in [7, 11) is 0. The van der Waals surface area contributed by atoms with Crippen LogP contribution in [0.15, 0.2) is 54.8 Å². The quantitative estimate of drug-likeness (QED) is 0.579. The van der Waals surface area contributed by atoms with Crippen LogP contribution in [0.2, 0.25) is 5.02 Å². The Labute approximate surface area is 172 Å².